The van der Waals surface area contributed by atoms with E-state index in [2.05, 4.69) is 0 Å². The molecule has 3 rings (SSSR count). The zero-order chi connectivity index (χ0) is 14.3. The van der Waals surface area contributed by atoms with Gasteiger partial charge in [0.05, 0.1) is 5.69 Å². The summed E-state index contributed by atoms with van der Waals surface area (Å²) in [5, 5.41) is 1.27. The first kappa shape index (κ1) is 12.7. The molecule has 2 aromatic carbocycles. The lowest BCUT2D eigenvalue weighted by Gasteiger charge is -2.00. The monoisotopic (exact) mass is 289 g/mol. The van der Waals surface area contributed by atoms with E-state index in [1.807, 2.05) is 0 Å². The van der Waals surface area contributed by atoms with Crippen molar-refractivity contribution in [2.45, 2.75) is 0 Å². The Balaban J connectivity index is 2.05. The zero-order valence-electron chi connectivity index (χ0n) is 10.2. The summed E-state index contributed by atoms with van der Waals surface area (Å²) in [5.41, 5.74) is 6.11. The number of carbonyl (C=O) groups is 1. The van der Waals surface area contributed by atoms with Crippen LogP contribution in [-0.2, 0) is 0 Å². The lowest BCUT2D eigenvalue weighted by Crippen LogP contribution is -2.01. The Labute approximate surface area is 118 Å². The van der Waals surface area contributed by atoms with E-state index >= 15 is 0 Å². The van der Waals surface area contributed by atoms with Gasteiger partial charge in [0, 0.05) is 16.0 Å². The quantitative estimate of drug-likeness (QED) is 0.572. The van der Waals surface area contributed by atoms with Gasteiger partial charge in [0.1, 0.15) is 11.4 Å². The van der Waals surface area contributed by atoms with Crippen molar-refractivity contribution in [3.05, 3.63) is 64.6 Å². The number of hydrogen-bond acceptors (Lipinski definition) is 3. The summed E-state index contributed by atoms with van der Waals surface area (Å²) in [6, 6.07) is 10.5. The Kier molecular flexibility index (Phi) is 2.95. The molecule has 0 aliphatic carbocycles. The Morgan fingerprint density at radius 2 is 1.95 bits per heavy atom. The highest BCUT2D eigenvalue weighted by Gasteiger charge is 2.16. The van der Waals surface area contributed by atoms with Crippen molar-refractivity contribution >= 4 is 34.0 Å². The SMILES string of the molecule is Nc1ccc(C(=O)c2cc3cc(Cl)ccc3o2)cc1F. The Bertz CT molecular complexity index is 826. The molecular weight excluding hydrogens is 281 g/mol. The zero-order valence-corrected chi connectivity index (χ0v) is 10.9. The van der Waals surface area contributed by atoms with Crippen LogP contribution in [0.5, 0.6) is 0 Å². The van der Waals surface area contributed by atoms with Crippen LogP contribution in [0, 0.1) is 5.82 Å². The molecule has 0 spiro atoms. The lowest BCUT2D eigenvalue weighted by atomic mass is 10.1. The van der Waals surface area contributed by atoms with Crippen molar-refractivity contribution in [3.8, 4) is 0 Å². The number of fused-ring (bicyclic) bond motifs is 1. The fourth-order valence-corrected chi connectivity index (χ4v) is 2.12. The van der Waals surface area contributed by atoms with Crippen LogP contribution < -0.4 is 5.73 Å². The van der Waals surface area contributed by atoms with Gasteiger partial charge in [0.2, 0.25) is 5.78 Å². The number of ketones is 1. The van der Waals surface area contributed by atoms with Gasteiger partial charge in [-0.25, -0.2) is 4.39 Å². The largest absolute Gasteiger partial charge is 0.453 e. The van der Waals surface area contributed by atoms with E-state index in [0.29, 0.717) is 10.6 Å². The van der Waals surface area contributed by atoms with Crippen LogP contribution in [-0.4, -0.2) is 5.78 Å². The first-order chi connectivity index (χ1) is 9.54. The normalized spacial score (nSPS) is 10.9. The lowest BCUT2D eigenvalue weighted by molar-refractivity contribution is 0.101. The van der Waals surface area contributed by atoms with E-state index in [9.17, 15) is 9.18 Å². The van der Waals surface area contributed by atoms with Gasteiger partial charge in [-0.05, 0) is 42.5 Å². The van der Waals surface area contributed by atoms with E-state index in [1.54, 1.807) is 24.3 Å². The van der Waals surface area contributed by atoms with E-state index in [4.69, 9.17) is 21.8 Å². The summed E-state index contributed by atoms with van der Waals surface area (Å²) >= 11 is 5.87. The van der Waals surface area contributed by atoms with Gasteiger partial charge in [-0.3, -0.25) is 4.79 Å². The first-order valence-corrected chi connectivity index (χ1v) is 6.21. The maximum absolute atomic E-state index is 13.4. The molecule has 0 radical (unpaired) electrons. The fourth-order valence-electron chi connectivity index (χ4n) is 1.94. The Morgan fingerprint density at radius 3 is 2.70 bits per heavy atom. The molecule has 20 heavy (non-hydrogen) atoms. The summed E-state index contributed by atoms with van der Waals surface area (Å²) in [6.07, 6.45) is 0. The average molecular weight is 290 g/mol. The van der Waals surface area contributed by atoms with Crippen molar-refractivity contribution in [2.75, 3.05) is 5.73 Å². The van der Waals surface area contributed by atoms with Crippen molar-refractivity contribution in [1.29, 1.82) is 0 Å². The third-order valence-corrected chi connectivity index (χ3v) is 3.20. The molecule has 3 aromatic rings. The van der Waals surface area contributed by atoms with Crippen molar-refractivity contribution in [1.82, 2.24) is 0 Å². The van der Waals surface area contributed by atoms with Gasteiger partial charge in [0.15, 0.2) is 5.76 Å². The number of carbonyl (C=O) groups excluding carboxylic acids is 1. The van der Waals surface area contributed by atoms with Crippen LogP contribution in [0.4, 0.5) is 10.1 Å². The van der Waals surface area contributed by atoms with Crippen molar-refractivity contribution in [2.24, 2.45) is 0 Å². The number of furan rings is 1. The summed E-state index contributed by atoms with van der Waals surface area (Å²) in [4.78, 5) is 12.2. The minimum Gasteiger partial charge on any atom is -0.453 e. The minimum atomic E-state index is -0.630. The topological polar surface area (TPSA) is 56.2 Å². The highest BCUT2D eigenvalue weighted by atomic mass is 35.5. The molecular formula is C15H9ClFNO2. The molecule has 2 N–H and O–H groups in total. The predicted molar refractivity (Wildman–Crippen MR) is 75.5 cm³/mol. The molecule has 1 aromatic heterocycles. The standard InChI is InChI=1S/C15H9ClFNO2/c16-10-2-4-13-9(5-10)7-14(20-13)15(19)8-1-3-12(18)11(17)6-8/h1-7H,18H2. The summed E-state index contributed by atoms with van der Waals surface area (Å²) in [7, 11) is 0. The second kappa shape index (κ2) is 4.65. The van der Waals surface area contributed by atoms with Gasteiger partial charge in [0.25, 0.3) is 0 Å². The molecule has 0 atom stereocenters. The molecule has 0 aliphatic rings. The number of hydrogen-bond donors (Lipinski definition) is 1. The third kappa shape index (κ3) is 2.14. The number of nitrogen functional groups attached to an aromatic ring is 1. The number of halogens is 2. The third-order valence-electron chi connectivity index (χ3n) is 2.96. The van der Waals surface area contributed by atoms with Crippen LogP contribution >= 0.6 is 11.6 Å². The van der Waals surface area contributed by atoms with Crippen molar-refractivity contribution < 1.29 is 13.6 Å². The maximum atomic E-state index is 13.4. The second-order valence-corrected chi connectivity index (χ2v) is 4.79. The summed E-state index contributed by atoms with van der Waals surface area (Å²) in [5.74, 6) is -0.905. The summed E-state index contributed by atoms with van der Waals surface area (Å²) < 4.78 is 18.8. The van der Waals surface area contributed by atoms with E-state index in [-0.39, 0.29) is 17.0 Å². The van der Waals surface area contributed by atoms with Crippen LogP contribution in [0.3, 0.4) is 0 Å². The van der Waals surface area contributed by atoms with Crippen LogP contribution in [0.25, 0.3) is 11.0 Å². The molecule has 5 heteroatoms. The molecule has 0 saturated heterocycles. The number of nitrogens with two attached hydrogens (primary N) is 1. The van der Waals surface area contributed by atoms with E-state index in [0.717, 1.165) is 11.5 Å². The maximum Gasteiger partial charge on any atom is 0.228 e. The molecule has 100 valence electrons. The van der Waals surface area contributed by atoms with Gasteiger partial charge in [-0.1, -0.05) is 11.6 Å². The second-order valence-electron chi connectivity index (χ2n) is 4.36. The molecule has 0 aliphatic heterocycles. The average Bonchev–Trinajstić information content (AvgIpc) is 2.84. The Hall–Kier alpha value is -2.33. The fraction of sp³-hybridized carbons (Fsp3) is 0. The minimum absolute atomic E-state index is 0.00191. The van der Waals surface area contributed by atoms with Crippen LogP contribution in [0.2, 0.25) is 5.02 Å². The molecule has 0 unspecified atom stereocenters. The number of anilines is 1. The number of rotatable bonds is 2. The molecule has 0 amide bonds. The number of benzene rings is 2. The molecule has 3 nitrogen and oxygen atoms in total. The van der Waals surface area contributed by atoms with Gasteiger partial charge in [-0.2, -0.15) is 0 Å². The first-order valence-electron chi connectivity index (χ1n) is 5.83. The van der Waals surface area contributed by atoms with Crippen molar-refractivity contribution in [3.63, 3.8) is 0 Å². The molecule has 0 bridgehead atoms. The van der Waals surface area contributed by atoms with E-state index < -0.39 is 11.6 Å². The van der Waals surface area contributed by atoms with Crippen LogP contribution in [0.1, 0.15) is 16.1 Å². The molecule has 0 fully saturated rings. The summed E-state index contributed by atoms with van der Waals surface area (Å²) in [6.45, 7) is 0. The van der Waals surface area contributed by atoms with Gasteiger partial charge in [-0.15, -0.1) is 0 Å². The highest BCUT2D eigenvalue weighted by Crippen LogP contribution is 2.25. The van der Waals surface area contributed by atoms with Crippen LogP contribution in [0.15, 0.2) is 46.9 Å². The van der Waals surface area contributed by atoms with E-state index in [1.165, 1.54) is 12.1 Å². The van der Waals surface area contributed by atoms with Gasteiger partial charge >= 0.3 is 0 Å². The van der Waals surface area contributed by atoms with Gasteiger partial charge < -0.3 is 10.2 Å². The predicted octanol–water partition coefficient (Wildman–Crippen LogP) is 4.04. The molecule has 0 saturated carbocycles. The smallest absolute Gasteiger partial charge is 0.228 e. The highest BCUT2D eigenvalue weighted by molar-refractivity contribution is 6.31. The Morgan fingerprint density at radius 1 is 1.15 bits per heavy atom. The molecule has 1 heterocycles.